The first-order valence-corrected chi connectivity index (χ1v) is 20.9. The van der Waals surface area contributed by atoms with Crippen LogP contribution in [0.5, 0.6) is 5.75 Å². The van der Waals surface area contributed by atoms with Crippen molar-refractivity contribution in [3.63, 3.8) is 0 Å². The standard InChI is InChI=1S/C44H51F2N9O7/c1-21(2)36(51-43(58)60-6)41(56)53-14-8-9-32(53)39-47-19-30(49-39)25-10-12-27-34(16-25)62-23(5)55-31-13-11-24(15-28(31)35(46)38(27)55)29-18-48-40(50-29)33-17-26(45)20-54(33)42(57)37(22(3)4)52-44(59)61-7/h10-13,15-16,18-19,21-23,26,32-33,36-37H,8-9,14,17,20H2,1-7H3,(H,47,49)(H,48,50)(H,51,58)(H,52,59). The highest BCUT2D eigenvalue weighted by molar-refractivity contribution is 5.93. The topological polar surface area (TPSA) is 189 Å². The van der Waals surface area contributed by atoms with Gasteiger partial charge >= 0.3 is 12.2 Å². The molecule has 3 aromatic heterocycles. The number of alkyl halides is 1. The van der Waals surface area contributed by atoms with Crippen LogP contribution in [0.4, 0.5) is 18.4 Å². The van der Waals surface area contributed by atoms with Gasteiger partial charge in [-0.25, -0.2) is 28.3 Å². The summed E-state index contributed by atoms with van der Waals surface area (Å²) in [5.74, 6) is -0.0130. The van der Waals surface area contributed by atoms with Gasteiger partial charge in [-0.05, 0) is 55.9 Å². The number of hydrogen-bond donors (Lipinski definition) is 4. The quantitative estimate of drug-likeness (QED) is 0.113. The van der Waals surface area contributed by atoms with Crippen molar-refractivity contribution >= 4 is 34.9 Å². The molecule has 16 nitrogen and oxygen atoms in total. The van der Waals surface area contributed by atoms with Crippen LogP contribution in [0.2, 0.25) is 0 Å². The van der Waals surface area contributed by atoms with Gasteiger partial charge in [0, 0.05) is 35.0 Å². The van der Waals surface area contributed by atoms with E-state index in [4.69, 9.17) is 14.2 Å². The van der Waals surface area contributed by atoms with E-state index in [0.717, 1.165) is 12.0 Å². The zero-order valence-corrected chi connectivity index (χ0v) is 35.6. The number of nitrogens with one attached hydrogen (secondary N) is 4. The van der Waals surface area contributed by atoms with Gasteiger partial charge in [-0.2, -0.15) is 0 Å². The van der Waals surface area contributed by atoms with Crippen molar-refractivity contribution in [2.45, 2.75) is 90.4 Å². The molecule has 0 radical (unpaired) electrons. The van der Waals surface area contributed by atoms with Crippen LogP contribution in [-0.2, 0) is 19.1 Å². The van der Waals surface area contributed by atoms with Crippen molar-refractivity contribution in [3.05, 3.63) is 66.3 Å². The number of nitrogens with zero attached hydrogens (tertiary/aromatic N) is 5. The van der Waals surface area contributed by atoms with Crippen LogP contribution >= 0.6 is 0 Å². The molecular weight excluding hydrogens is 805 g/mol. The average Bonchev–Trinajstić information content (AvgIpc) is 4.11. The molecule has 6 heterocycles. The van der Waals surface area contributed by atoms with Crippen LogP contribution in [0, 0.1) is 17.7 Å². The second-order valence-electron chi connectivity index (χ2n) is 16.8. The Kier molecular flexibility index (Phi) is 11.4. The number of H-pyrrole nitrogens is 2. The molecule has 3 aliphatic rings. The summed E-state index contributed by atoms with van der Waals surface area (Å²) in [6, 6.07) is 8.25. The van der Waals surface area contributed by atoms with Gasteiger partial charge in [0.15, 0.2) is 12.0 Å². The third-order valence-corrected chi connectivity index (χ3v) is 12.1. The number of aromatic amines is 2. The van der Waals surface area contributed by atoms with Gasteiger partial charge in [0.25, 0.3) is 0 Å². The maximum Gasteiger partial charge on any atom is 0.407 e. The summed E-state index contributed by atoms with van der Waals surface area (Å²) in [5.41, 5.74) is 4.24. The van der Waals surface area contributed by atoms with Crippen molar-refractivity contribution in [2.24, 2.45) is 11.8 Å². The molecule has 0 saturated carbocycles. The normalized spacial score (nSPS) is 20.5. The van der Waals surface area contributed by atoms with E-state index < -0.39 is 54.4 Å². The number of rotatable bonds is 10. The average molecular weight is 856 g/mol. The molecule has 3 aliphatic heterocycles. The number of benzene rings is 2. The summed E-state index contributed by atoms with van der Waals surface area (Å²) >= 11 is 0. The molecule has 328 valence electrons. The van der Waals surface area contributed by atoms with Crippen LogP contribution < -0.4 is 15.4 Å². The number of amides is 4. The Morgan fingerprint density at radius 1 is 0.839 bits per heavy atom. The number of fused-ring (bicyclic) bond motifs is 5. The lowest BCUT2D eigenvalue weighted by atomic mass is 10.0. The van der Waals surface area contributed by atoms with Crippen LogP contribution in [0.1, 0.15) is 83.8 Å². The Bertz CT molecular complexity index is 2530. The predicted octanol–water partition coefficient (Wildman–Crippen LogP) is 7.17. The highest BCUT2D eigenvalue weighted by Gasteiger charge is 2.42. The SMILES string of the molecule is COC(=O)NC(C(=O)N1CCCC1c1ncc(-c2ccc3c(c2)OC(C)n2c-3c(F)c3cc(-c4cnc(C5CC(F)CN5C(=O)C(NC(=O)OC)C(C)C)[nH]4)ccc32)[nH]1)C(C)C. The number of ether oxygens (including phenoxy) is 3. The fraction of sp³-hybridized carbons (Fsp3) is 0.455. The van der Waals surface area contributed by atoms with E-state index in [2.05, 4.69) is 30.6 Å². The van der Waals surface area contributed by atoms with Gasteiger partial charge in [0.2, 0.25) is 11.8 Å². The summed E-state index contributed by atoms with van der Waals surface area (Å²) < 4.78 is 49.4. The molecule has 6 unspecified atom stereocenters. The second-order valence-corrected chi connectivity index (χ2v) is 16.8. The smallest absolute Gasteiger partial charge is 0.407 e. The number of halogens is 2. The number of carbonyl (C=O) groups excluding carboxylic acids is 4. The van der Waals surface area contributed by atoms with Gasteiger partial charge in [-0.1, -0.05) is 39.8 Å². The maximum atomic E-state index is 16.7. The Morgan fingerprint density at radius 3 is 2.03 bits per heavy atom. The number of alkyl carbamates (subject to hydrolysis) is 2. The van der Waals surface area contributed by atoms with E-state index in [9.17, 15) is 23.6 Å². The monoisotopic (exact) mass is 855 g/mol. The lowest BCUT2D eigenvalue weighted by Crippen LogP contribution is -2.51. The Labute approximate surface area is 356 Å². The minimum absolute atomic E-state index is 0.0266. The van der Waals surface area contributed by atoms with Gasteiger partial charge in [0.05, 0.1) is 67.8 Å². The molecular formula is C44H51F2N9O7. The van der Waals surface area contributed by atoms with Gasteiger partial charge in [-0.3, -0.25) is 9.59 Å². The summed E-state index contributed by atoms with van der Waals surface area (Å²) in [4.78, 5) is 70.3. The van der Waals surface area contributed by atoms with Crippen LogP contribution in [0.15, 0.2) is 48.8 Å². The number of imidazole rings is 2. The van der Waals surface area contributed by atoms with Crippen molar-refractivity contribution < 1.29 is 42.2 Å². The Morgan fingerprint density at radius 2 is 1.42 bits per heavy atom. The molecule has 0 aliphatic carbocycles. The summed E-state index contributed by atoms with van der Waals surface area (Å²) in [7, 11) is 2.47. The van der Waals surface area contributed by atoms with E-state index in [1.165, 1.54) is 19.1 Å². The van der Waals surface area contributed by atoms with Crippen LogP contribution in [-0.4, -0.2) is 104 Å². The molecule has 8 rings (SSSR count). The van der Waals surface area contributed by atoms with E-state index in [1.807, 2.05) is 55.7 Å². The molecule has 2 aromatic carbocycles. The van der Waals surface area contributed by atoms with E-state index in [0.29, 0.717) is 69.5 Å². The number of carbonyl (C=O) groups is 4. The fourth-order valence-corrected chi connectivity index (χ4v) is 8.95. The minimum atomic E-state index is -1.29. The number of likely N-dealkylation sites (tertiary alicyclic amines) is 2. The van der Waals surface area contributed by atoms with Crippen molar-refractivity contribution in [1.82, 2.24) is 44.9 Å². The van der Waals surface area contributed by atoms with Crippen molar-refractivity contribution in [2.75, 3.05) is 27.3 Å². The highest BCUT2D eigenvalue weighted by atomic mass is 19.1. The zero-order valence-electron chi connectivity index (χ0n) is 35.6. The van der Waals surface area contributed by atoms with Crippen LogP contribution in [0.3, 0.4) is 0 Å². The fourth-order valence-electron chi connectivity index (χ4n) is 8.95. The predicted molar refractivity (Wildman–Crippen MR) is 224 cm³/mol. The molecule has 5 aromatic rings. The van der Waals surface area contributed by atoms with Gasteiger partial charge < -0.3 is 49.2 Å². The molecule has 4 amide bonds. The molecule has 0 spiro atoms. The molecule has 2 saturated heterocycles. The van der Waals surface area contributed by atoms with E-state index in [1.54, 1.807) is 37.2 Å². The van der Waals surface area contributed by atoms with Crippen LogP contribution in [0.25, 0.3) is 44.7 Å². The third-order valence-electron chi connectivity index (χ3n) is 12.1. The summed E-state index contributed by atoms with van der Waals surface area (Å²) in [6.45, 7) is 9.53. The second kappa shape index (κ2) is 16.8. The van der Waals surface area contributed by atoms with Gasteiger partial charge in [0.1, 0.15) is 35.7 Å². The van der Waals surface area contributed by atoms with E-state index >= 15 is 4.39 Å². The first-order chi connectivity index (χ1) is 29.7. The largest absolute Gasteiger partial charge is 0.470 e. The highest BCUT2D eigenvalue weighted by Crippen LogP contribution is 2.46. The molecule has 6 atom stereocenters. The zero-order chi connectivity index (χ0) is 44.1. The number of methoxy groups -OCH3 is 2. The lowest BCUT2D eigenvalue weighted by molar-refractivity contribution is -0.136. The molecule has 18 heteroatoms. The van der Waals surface area contributed by atoms with Gasteiger partial charge in [-0.15, -0.1) is 0 Å². The summed E-state index contributed by atoms with van der Waals surface area (Å²) in [6.07, 6.45) is 1.54. The first kappa shape index (κ1) is 42.2. The summed E-state index contributed by atoms with van der Waals surface area (Å²) in [5, 5.41) is 5.61. The van der Waals surface area contributed by atoms with E-state index in [-0.39, 0.29) is 36.8 Å². The number of aromatic nitrogens is 5. The maximum absolute atomic E-state index is 16.7. The molecule has 2 fully saturated rings. The Hall–Kier alpha value is -6.46. The Balaban J connectivity index is 1.04. The molecule has 4 N–H and O–H groups in total. The number of hydrogen-bond acceptors (Lipinski definition) is 9. The minimum Gasteiger partial charge on any atom is -0.470 e. The molecule has 0 bridgehead atoms. The lowest BCUT2D eigenvalue weighted by Gasteiger charge is -2.30. The first-order valence-electron chi connectivity index (χ1n) is 20.9. The van der Waals surface area contributed by atoms with Crippen molar-refractivity contribution in [3.8, 4) is 39.5 Å². The molecule has 62 heavy (non-hydrogen) atoms. The van der Waals surface area contributed by atoms with Crippen molar-refractivity contribution in [1.29, 1.82) is 0 Å². The third kappa shape index (κ3) is 7.59.